The van der Waals surface area contributed by atoms with Crippen molar-refractivity contribution < 1.29 is 116 Å². The summed E-state index contributed by atoms with van der Waals surface area (Å²) < 4.78 is 63.7. The number of fused-ring (bicyclic) bond motifs is 4. The third-order valence-corrected chi connectivity index (χ3v) is 18.0. The second-order valence-corrected chi connectivity index (χ2v) is 22.9. The first-order valence-corrected chi connectivity index (χ1v) is 30.4. The number of hydrogen-bond acceptors (Lipinski definition) is 17. The van der Waals surface area contributed by atoms with E-state index >= 15 is 0 Å². The Labute approximate surface area is 539 Å². The largest absolute Gasteiger partial charge is 1.00 e. The SMILES string of the molecule is CCOC(=O)[C@@H]1[C@H]2CCC(=O)[C@H]2CN1C(=O)OCc1ccccc1.CCOC(=O)[C@@H]1[C@H]2CC[C@@H](O)[C@H]2CN1C(=O)OCc1ccccc1.CCOC(=O)[C@@H]1[C@H]2CC[C@H](F)[C@H]2CN1C(=O)OCc1ccccc1.CCOC(=O)[C@H]1NC[C@H]2[C@@H]1CC[C@@H]2F.[B].[H-].[Na+]. The maximum absolute atomic E-state index is 14.1. The summed E-state index contributed by atoms with van der Waals surface area (Å²) in [5, 5.41) is 13.2. The van der Waals surface area contributed by atoms with Gasteiger partial charge in [-0.3, -0.25) is 24.3 Å². The summed E-state index contributed by atoms with van der Waals surface area (Å²) in [6, 6.07) is 25.7. The number of likely N-dealkylation sites (tertiary alicyclic amines) is 3. The predicted octanol–water partition coefficient (Wildman–Crippen LogP) is 4.68. The van der Waals surface area contributed by atoms with Gasteiger partial charge in [-0.25, -0.2) is 37.5 Å². The van der Waals surface area contributed by atoms with E-state index in [4.69, 9.17) is 33.2 Å². The molecule has 0 aromatic heterocycles. The van der Waals surface area contributed by atoms with E-state index < -0.39 is 72.8 Å². The van der Waals surface area contributed by atoms with Crippen molar-refractivity contribution in [3.8, 4) is 0 Å². The van der Waals surface area contributed by atoms with Crippen molar-refractivity contribution in [3.63, 3.8) is 0 Å². The Morgan fingerprint density at radius 2 is 0.852 bits per heavy atom. The second-order valence-electron chi connectivity index (χ2n) is 22.9. The number of aliphatic hydroxyl groups excluding tert-OH is 1. The van der Waals surface area contributed by atoms with Crippen molar-refractivity contribution >= 4 is 56.4 Å². The Morgan fingerprint density at radius 3 is 1.31 bits per heavy atom. The van der Waals surface area contributed by atoms with E-state index in [-0.39, 0.29) is 157 Å². The molecule has 20 nitrogen and oxygen atoms in total. The molecule has 88 heavy (non-hydrogen) atoms. The summed E-state index contributed by atoms with van der Waals surface area (Å²) in [5.41, 5.74) is 2.62. The van der Waals surface area contributed by atoms with E-state index in [9.17, 15) is 52.2 Å². The smallest absolute Gasteiger partial charge is 1.00 e. The van der Waals surface area contributed by atoms with E-state index in [1.54, 1.807) is 27.7 Å². The van der Waals surface area contributed by atoms with Crippen LogP contribution in [0.4, 0.5) is 23.2 Å². The number of nitrogens with one attached hydrogen (secondary N) is 1. The zero-order chi connectivity index (χ0) is 61.4. The van der Waals surface area contributed by atoms with Gasteiger partial charge in [0, 0.05) is 70.6 Å². The number of ether oxygens (including phenoxy) is 7. The molecule has 4 aliphatic heterocycles. The van der Waals surface area contributed by atoms with Crippen LogP contribution in [0.25, 0.3) is 0 Å². The van der Waals surface area contributed by atoms with Crippen molar-refractivity contribution in [2.75, 3.05) is 52.6 Å². The summed E-state index contributed by atoms with van der Waals surface area (Å²) in [7, 11) is 0. The molecule has 8 fully saturated rings. The van der Waals surface area contributed by atoms with E-state index in [0.29, 0.717) is 58.2 Å². The van der Waals surface area contributed by atoms with Crippen LogP contribution >= 0.6 is 0 Å². The first-order chi connectivity index (χ1) is 41.6. The third-order valence-electron chi connectivity index (χ3n) is 18.0. The van der Waals surface area contributed by atoms with Gasteiger partial charge in [0.15, 0.2) is 0 Å². The number of alkyl halides is 2. The van der Waals surface area contributed by atoms with Gasteiger partial charge in [-0.2, -0.15) is 0 Å². The van der Waals surface area contributed by atoms with Crippen LogP contribution in [0.15, 0.2) is 91.0 Å². The van der Waals surface area contributed by atoms with Gasteiger partial charge in [0.25, 0.3) is 0 Å². The van der Waals surface area contributed by atoms with E-state index in [1.165, 1.54) is 14.7 Å². The summed E-state index contributed by atoms with van der Waals surface area (Å²) in [4.78, 5) is 102. The van der Waals surface area contributed by atoms with Crippen LogP contribution in [-0.4, -0.2) is 171 Å². The number of benzene rings is 3. The van der Waals surface area contributed by atoms with E-state index in [0.717, 1.165) is 29.5 Å². The molecule has 3 aromatic carbocycles. The van der Waals surface area contributed by atoms with Crippen LogP contribution in [0.5, 0.6) is 0 Å². The fourth-order valence-electron chi connectivity index (χ4n) is 13.9. The van der Waals surface area contributed by atoms with E-state index in [1.807, 2.05) is 91.0 Å². The quantitative estimate of drug-likeness (QED) is 0.126. The molecule has 0 spiro atoms. The number of carbonyl (C=O) groups is 8. The molecule has 2 N–H and O–H groups in total. The average Bonchev–Trinajstić information content (AvgIpc) is 1.91. The minimum absolute atomic E-state index is 0. The van der Waals surface area contributed by atoms with Gasteiger partial charge in [-0.1, -0.05) is 91.0 Å². The second kappa shape index (κ2) is 34.2. The molecule has 0 bridgehead atoms. The first kappa shape index (κ1) is 70.9. The van der Waals surface area contributed by atoms with Crippen molar-refractivity contribution in [2.45, 2.75) is 141 Å². The summed E-state index contributed by atoms with van der Waals surface area (Å²) in [6.45, 7) is 9.93. The summed E-state index contributed by atoms with van der Waals surface area (Å²) in [6.07, 6.45) is 1.06. The fraction of sp³-hybridized carbons (Fsp3) is 0.594. The molecule has 8 aliphatic rings. The zero-order valence-corrected chi connectivity index (χ0v) is 53.0. The molecule has 3 radical (unpaired) electrons. The standard InChI is InChI=1S/C18H22FNO4.C18H23NO5.C18H21NO5.C10H16FNO2.B.Na.H/c1-2-23-17(21)16-13-8-9-15(19)14(13)10-20(16)18(22)24-11-12-6-4-3-5-7-12;2*1-2-23-17(21)16-13-8-9-15(20)14(13)10-19(16)18(22)24-11-12-6-4-3-5-7-12;1-2-14-10(13)9-6-3-4-8(11)7(6)5-12-9;;;/h3-7,13-16H,2,8-11H2,1H3;3-7,13-16,20H,2,8-11H2,1H3;3-7,13-14,16H,2,8-11H2,1H3;6-9,12H,2-5H2,1H3;;;/q;;;;;+1;-1/t13-,14-,15-,16-;13-,14-,15+,16-;13-,14-,16-;6-,7-,8-,9-;;;/m0000.../s1. The Hall–Kier alpha value is -6.14. The number of aliphatic hydroxyl groups is 1. The minimum atomic E-state index is -0.973. The van der Waals surface area contributed by atoms with Gasteiger partial charge in [0.2, 0.25) is 0 Å². The number of carbonyl (C=O) groups excluding carboxylic acids is 8. The number of rotatable bonds is 14. The van der Waals surface area contributed by atoms with Gasteiger partial charge < -0.3 is 45.0 Å². The molecule has 24 heteroatoms. The summed E-state index contributed by atoms with van der Waals surface area (Å²) in [5.74, 6) is -2.26. The Morgan fingerprint density at radius 1 is 0.477 bits per heavy atom. The molecule has 4 aliphatic carbocycles. The fourth-order valence-corrected chi connectivity index (χ4v) is 13.9. The number of ketones is 1. The molecule has 4 saturated carbocycles. The van der Waals surface area contributed by atoms with Gasteiger partial charge in [0.05, 0.1) is 32.5 Å². The molecule has 0 unspecified atom stereocenters. The number of hydrogen-bond donors (Lipinski definition) is 2. The van der Waals surface area contributed by atoms with Crippen molar-refractivity contribution in [1.29, 1.82) is 0 Å². The van der Waals surface area contributed by atoms with E-state index in [2.05, 4.69) is 5.32 Å². The first-order valence-electron chi connectivity index (χ1n) is 30.4. The minimum Gasteiger partial charge on any atom is -1.00 e. The Balaban J connectivity index is 0.000000217. The molecule has 3 aromatic rings. The third kappa shape index (κ3) is 17.2. The number of amides is 3. The van der Waals surface area contributed by atoms with Crippen LogP contribution in [-0.2, 0) is 77.0 Å². The van der Waals surface area contributed by atoms with Crippen molar-refractivity contribution in [1.82, 2.24) is 20.0 Å². The van der Waals surface area contributed by atoms with Gasteiger partial charge in [-0.05, 0) is 107 Å². The van der Waals surface area contributed by atoms with Crippen LogP contribution in [0.3, 0.4) is 0 Å². The van der Waals surface area contributed by atoms with Crippen LogP contribution < -0.4 is 34.9 Å². The van der Waals surface area contributed by atoms with Gasteiger partial charge in [0.1, 0.15) is 62.1 Å². The number of nitrogens with zero attached hydrogens (tertiary/aromatic N) is 3. The molecule has 4 saturated heterocycles. The molecule has 473 valence electrons. The molecular formula is C64H83BF2N4NaO16. The van der Waals surface area contributed by atoms with Crippen molar-refractivity contribution in [3.05, 3.63) is 108 Å². The maximum Gasteiger partial charge on any atom is 1.00 e. The maximum atomic E-state index is 14.1. The predicted molar refractivity (Wildman–Crippen MR) is 312 cm³/mol. The van der Waals surface area contributed by atoms with Crippen LogP contribution in [0.1, 0.15) is 97.2 Å². The zero-order valence-electron chi connectivity index (χ0n) is 52.0. The monoisotopic (exact) mass is 1240 g/mol. The molecule has 15 atom stereocenters. The number of Topliss-reactive ketones (excluding diaryl/α,β-unsaturated/α-hetero) is 1. The average molecular weight is 1240 g/mol. The number of halogens is 2. The molecule has 3 amide bonds. The topological polar surface area (TPSA) is 243 Å². The van der Waals surface area contributed by atoms with Gasteiger partial charge >= 0.3 is 71.7 Å². The summed E-state index contributed by atoms with van der Waals surface area (Å²) >= 11 is 0. The molecule has 4 heterocycles. The number of esters is 4. The Bertz CT molecular complexity index is 2690. The van der Waals surface area contributed by atoms with Crippen LogP contribution in [0.2, 0.25) is 0 Å². The van der Waals surface area contributed by atoms with Crippen molar-refractivity contribution in [2.24, 2.45) is 47.3 Å². The molecule has 11 rings (SSSR count). The normalized spacial score (nSPS) is 29.0. The molecular weight excluding hydrogens is 1150 g/mol. The van der Waals surface area contributed by atoms with Gasteiger partial charge in [-0.15, -0.1) is 0 Å². The Kier molecular flexibility index (Phi) is 27.5. The van der Waals surface area contributed by atoms with Crippen LogP contribution in [0, 0.1) is 47.3 Å².